The largest absolute Gasteiger partial charge is 0.383 e. The van der Waals surface area contributed by atoms with Crippen LogP contribution in [-0.4, -0.2) is 26.8 Å². The van der Waals surface area contributed by atoms with Gasteiger partial charge in [0.25, 0.3) is 0 Å². The topological polar surface area (TPSA) is 21.3 Å². The molecule has 0 bridgehead atoms. The van der Waals surface area contributed by atoms with Gasteiger partial charge in [0.1, 0.15) is 11.6 Å². The van der Waals surface area contributed by atoms with E-state index in [9.17, 15) is 8.78 Å². The zero-order valence-electron chi connectivity index (χ0n) is 11.3. The number of benzene rings is 1. The Morgan fingerprint density at radius 2 is 2.11 bits per heavy atom. The summed E-state index contributed by atoms with van der Waals surface area (Å²) in [5.74, 6) is -0.602. The number of hydrogen-bond donors (Lipinski definition) is 1. The summed E-state index contributed by atoms with van der Waals surface area (Å²) >= 11 is 3.08. The van der Waals surface area contributed by atoms with Gasteiger partial charge in [-0.25, -0.2) is 8.78 Å². The van der Waals surface area contributed by atoms with Crippen molar-refractivity contribution in [2.75, 3.05) is 26.8 Å². The molecular weight excluding hydrogens is 316 g/mol. The molecule has 1 unspecified atom stereocenters. The predicted molar refractivity (Wildman–Crippen MR) is 76.3 cm³/mol. The van der Waals surface area contributed by atoms with Gasteiger partial charge >= 0.3 is 0 Å². The smallest absolute Gasteiger partial charge is 0.143 e. The number of ether oxygens (including phenoxy) is 1. The summed E-state index contributed by atoms with van der Waals surface area (Å²) in [6, 6.07) is 2.69. The maximum Gasteiger partial charge on any atom is 0.143 e. The van der Waals surface area contributed by atoms with Crippen LogP contribution in [0.25, 0.3) is 0 Å². The second-order valence-electron chi connectivity index (χ2n) is 4.66. The second kappa shape index (κ2) is 8.61. The van der Waals surface area contributed by atoms with E-state index in [0.29, 0.717) is 23.4 Å². The molecule has 1 rings (SSSR count). The van der Waals surface area contributed by atoms with Crippen LogP contribution < -0.4 is 5.32 Å². The third-order valence-electron chi connectivity index (χ3n) is 3.00. The van der Waals surface area contributed by atoms with E-state index in [1.807, 2.05) is 0 Å². The van der Waals surface area contributed by atoms with Gasteiger partial charge in [-0.3, -0.25) is 0 Å². The maximum absolute atomic E-state index is 13.7. The number of rotatable bonds is 8. The van der Waals surface area contributed by atoms with E-state index in [2.05, 4.69) is 28.2 Å². The number of methoxy groups -OCH3 is 1. The highest BCUT2D eigenvalue weighted by molar-refractivity contribution is 9.10. The van der Waals surface area contributed by atoms with Crippen molar-refractivity contribution in [3.05, 3.63) is 33.8 Å². The summed E-state index contributed by atoms with van der Waals surface area (Å²) in [6.45, 7) is 4.34. The Balaban J connectivity index is 2.42. The van der Waals surface area contributed by atoms with Crippen LogP contribution in [0.3, 0.4) is 0 Å². The van der Waals surface area contributed by atoms with E-state index in [1.54, 1.807) is 7.11 Å². The van der Waals surface area contributed by atoms with E-state index < -0.39 is 11.6 Å². The molecule has 0 fully saturated rings. The maximum atomic E-state index is 13.7. The molecule has 1 N–H and O–H groups in total. The molecule has 0 aliphatic rings. The first-order chi connectivity index (χ1) is 9.06. The first-order valence-corrected chi connectivity index (χ1v) is 7.17. The fourth-order valence-corrected chi connectivity index (χ4v) is 2.19. The third kappa shape index (κ3) is 5.55. The standard InChI is InChI=1S/C14H20BrF2NO/c1-10(9-18-7-8-19-2)3-4-11-13(16)6-5-12(15)14(11)17/h5-6,10,18H,3-4,7-9H2,1-2H3. The highest BCUT2D eigenvalue weighted by Crippen LogP contribution is 2.23. The van der Waals surface area contributed by atoms with Crippen LogP contribution in [0.15, 0.2) is 16.6 Å². The molecule has 0 aliphatic heterocycles. The van der Waals surface area contributed by atoms with Gasteiger partial charge in [-0.15, -0.1) is 0 Å². The second-order valence-corrected chi connectivity index (χ2v) is 5.52. The van der Waals surface area contributed by atoms with Gasteiger partial charge in [-0.2, -0.15) is 0 Å². The van der Waals surface area contributed by atoms with Crippen molar-refractivity contribution in [2.24, 2.45) is 5.92 Å². The minimum absolute atomic E-state index is 0.165. The lowest BCUT2D eigenvalue weighted by molar-refractivity contribution is 0.198. The van der Waals surface area contributed by atoms with Crippen molar-refractivity contribution in [1.29, 1.82) is 0 Å². The minimum Gasteiger partial charge on any atom is -0.383 e. The van der Waals surface area contributed by atoms with Crippen LogP contribution >= 0.6 is 15.9 Å². The molecule has 1 atom stereocenters. The number of nitrogens with one attached hydrogen (secondary N) is 1. The quantitative estimate of drug-likeness (QED) is 0.579. The highest BCUT2D eigenvalue weighted by atomic mass is 79.9. The predicted octanol–water partition coefficient (Wildman–Crippen LogP) is 3.53. The molecule has 19 heavy (non-hydrogen) atoms. The van der Waals surface area contributed by atoms with E-state index >= 15 is 0 Å². The normalized spacial score (nSPS) is 12.7. The van der Waals surface area contributed by atoms with Crippen LogP contribution in [0, 0.1) is 17.6 Å². The Morgan fingerprint density at radius 3 is 2.79 bits per heavy atom. The summed E-state index contributed by atoms with van der Waals surface area (Å²) in [6.07, 6.45) is 1.15. The molecule has 2 nitrogen and oxygen atoms in total. The molecule has 0 amide bonds. The van der Waals surface area contributed by atoms with Crippen molar-refractivity contribution >= 4 is 15.9 Å². The van der Waals surface area contributed by atoms with Crippen LogP contribution in [0.2, 0.25) is 0 Å². The summed E-state index contributed by atoms with van der Waals surface area (Å²) in [7, 11) is 1.66. The van der Waals surface area contributed by atoms with Crippen molar-refractivity contribution in [2.45, 2.75) is 19.8 Å². The summed E-state index contributed by atoms with van der Waals surface area (Å²) in [5.41, 5.74) is 0.165. The van der Waals surface area contributed by atoms with Crippen LogP contribution in [-0.2, 0) is 11.2 Å². The van der Waals surface area contributed by atoms with Gasteiger partial charge in [-0.1, -0.05) is 6.92 Å². The Morgan fingerprint density at radius 1 is 1.37 bits per heavy atom. The van der Waals surface area contributed by atoms with Gasteiger partial charge in [-0.05, 0) is 53.4 Å². The molecule has 0 saturated heterocycles. The Labute approximate surface area is 121 Å². The van der Waals surface area contributed by atoms with Gasteiger partial charge in [0.15, 0.2) is 0 Å². The molecule has 0 radical (unpaired) electrons. The van der Waals surface area contributed by atoms with Crippen molar-refractivity contribution in [1.82, 2.24) is 5.32 Å². The molecule has 0 saturated carbocycles. The monoisotopic (exact) mass is 335 g/mol. The van der Waals surface area contributed by atoms with Crippen LogP contribution in [0.5, 0.6) is 0 Å². The fourth-order valence-electron chi connectivity index (χ4n) is 1.81. The van der Waals surface area contributed by atoms with E-state index in [0.717, 1.165) is 19.5 Å². The van der Waals surface area contributed by atoms with Crippen molar-refractivity contribution in [3.8, 4) is 0 Å². The average molecular weight is 336 g/mol. The summed E-state index contributed by atoms with van der Waals surface area (Å²) in [5, 5.41) is 3.24. The zero-order chi connectivity index (χ0) is 14.3. The number of halogens is 3. The van der Waals surface area contributed by atoms with E-state index in [-0.39, 0.29) is 5.56 Å². The molecule has 0 spiro atoms. The first kappa shape index (κ1) is 16.5. The highest BCUT2D eigenvalue weighted by Gasteiger charge is 2.13. The molecular formula is C14H20BrF2NO. The van der Waals surface area contributed by atoms with E-state index in [4.69, 9.17) is 4.74 Å². The number of hydrogen-bond acceptors (Lipinski definition) is 2. The lowest BCUT2D eigenvalue weighted by Gasteiger charge is -2.13. The Kier molecular flexibility index (Phi) is 7.49. The summed E-state index contributed by atoms with van der Waals surface area (Å²) in [4.78, 5) is 0. The fraction of sp³-hybridized carbons (Fsp3) is 0.571. The molecule has 5 heteroatoms. The minimum atomic E-state index is -0.487. The van der Waals surface area contributed by atoms with Gasteiger partial charge < -0.3 is 10.1 Å². The van der Waals surface area contributed by atoms with Crippen molar-refractivity contribution in [3.63, 3.8) is 0 Å². The van der Waals surface area contributed by atoms with Gasteiger partial charge in [0, 0.05) is 19.2 Å². The molecule has 0 aliphatic carbocycles. The molecule has 0 heterocycles. The van der Waals surface area contributed by atoms with Gasteiger partial charge in [0.2, 0.25) is 0 Å². The molecule has 108 valence electrons. The average Bonchev–Trinajstić information content (AvgIpc) is 2.39. The molecule has 1 aromatic carbocycles. The third-order valence-corrected chi connectivity index (χ3v) is 3.61. The Bertz CT molecular complexity index is 401. The van der Waals surface area contributed by atoms with Crippen LogP contribution in [0.4, 0.5) is 8.78 Å². The van der Waals surface area contributed by atoms with Gasteiger partial charge in [0.05, 0.1) is 11.1 Å². The molecule has 0 aromatic heterocycles. The Hall–Kier alpha value is -0.520. The first-order valence-electron chi connectivity index (χ1n) is 6.38. The molecule has 1 aromatic rings. The SMILES string of the molecule is COCCNCC(C)CCc1c(F)ccc(Br)c1F. The van der Waals surface area contributed by atoms with Crippen molar-refractivity contribution < 1.29 is 13.5 Å². The van der Waals surface area contributed by atoms with E-state index in [1.165, 1.54) is 12.1 Å². The van der Waals surface area contributed by atoms with Crippen LogP contribution in [0.1, 0.15) is 18.9 Å². The summed E-state index contributed by atoms with van der Waals surface area (Å²) < 4.78 is 32.5. The lowest BCUT2D eigenvalue weighted by atomic mass is 10.0. The lowest BCUT2D eigenvalue weighted by Crippen LogP contribution is -2.25. The zero-order valence-corrected chi connectivity index (χ0v) is 12.9.